The lowest BCUT2D eigenvalue weighted by molar-refractivity contribution is -0.114. The Morgan fingerprint density at radius 1 is 1.36 bits per heavy atom. The summed E-state index contributed by atoms with van der Waals surface area (Å²) in [5.41, 5.74) is 2.03. The van der Waals surface area contributed by atoms with Crippen molar-refractivity contribution in [2.45, 2.75) is 39.7 Å². The Bertz CT molecular complexity index is 541. The van der Waals surface area contributed by atoms with E-state index in [2.05, 4.69) is 40.9 Å². The fourth-order valence-corrected chi connectivity index (χ4v) is 2.24. The van der Waals surface area contributed by atoms with Crippen LogP contribution in [0.3, 0.4) is 0 Å². The topological polar surface area (TPSA) is 65.5 Å². The van der Waals surface area contributed by atoms with E-state index >= 15 is 0 Å². The van der Waals surface area contributed by atoms with E-state index in [1.54, 1.807) is 0 Å². The Balaban J connectivity index is 1.87. The maximum atomic E-state index is 12.0. The van der Waals surface area contributed by atoms with Crippen molar-refractivity contribution in [1.82, 2.24) is 10.6 Å². The van der Waals surface area contributed by atoms with Crippen molar-refractivity contribution < 1.29 is 4.79 Å². The highest BCUT2D eigenvalue weighted by Crippen LogP contribution is 2.28. The number of nitrogens with zero attached hydrogens (tertiary/aromatic N) is 1. The molecule has 1 amide bonds. The molecule has 0 heterocycles. The number of carbonyl (C=O) groups is 1. The number of hydrogen-bond acceptors (Lipinski definition) is 2. The van der Waals surface area contributed by atoms with E-state index in [-0.39, 0.29) is 12.5 Å². The summed E-state index contributed by atoms with van der Waals surface area (Å²) in [6.45, 7) is 7.22. The van der Waals surface area contributed by atoms with Crippen molar-refractivity contribution in [3.63, 3.8) is 0 Å². The van der Waals surface area contributed by atoms with Crippen LogP contribution in [-0.2, 0) is 11.2 Å². The minimum Gasteiger partial charge on any atom is -0.357 e. The zero-order valence-electron chi connectivity index (χ0n) is 13.6. The lowest BCUT2D eigenvalue weighted by Crippen LogP contribution is -2.39. The van der Waals surface area contributed by atoms with Crippen molar-refractivity contribution in [2.75, 3.05) is 18.4 Å². The molecule has 5 nitrogen and oxygen atoms in total. The molecule has 0 bridgehead atoms. The van der Waals surface area contributed by atoms with Gasteiger partial charge in [-0.2, -0.15) is 0 Å². The van der Waals surface area contributed by atoms with Gasteiger partial charge in [-0.1, -0.05) is 26.0 Å². The monoisotopic (exact) mass is 302 g/mol. The molecule has 0 spiro atoms. The largest absolute Gasteiger partial charge is 0.357 e. The van der Waals surface area contributed by atoms with Gasteiger partial charge in [0.05, 0.1) is 0 Å². The third-order valence-corrected chi connectivity index (χ3v) is 3.78. The highest BCUT2D eigenvalue weighted by Gasteiger charge is 2.33. The molecule has 0 aromatic heterocycles. The molecular weight excluding hydrogens is 276 g/mol. The third-order valence-electron chi connectivity index (χ3n) is 3.78. The first kappa shape index (κ1) is 16.3. The molecule has 22 heavy (non-hydrogen) atoms. The predicted molar refractivity (Wildman–Crippen MR) is 91.1 cm³/mol. The van der Waals surface area contributed by atoms with E-state index in [1.165, 1.54) is 12.0 Å². The van der Waals surface area contributed by atoms with Gasteiger partial charge in [0.15, 0.2) is 5.96 Å². The van der Waals surface area contributed by atoms with Crippen LogP contribution in [0.15, 0.2) is 29.3 Å². The summed E-state index contributed by atoms with van der Waals surface area (Å²) < 4.78 is 0. The minimum atomic E-state index is -0.102. The van der Waals surface area contributed by atoms with Crippen molar-refractivity contribution >= 4 is 17.6 Å². The number of hydrogen-bond donors (Lipinski definition) is 3. The Kier molecular flexibility index (Phi) is 5.81. The first-order valence-electron chi connectivity index (χ1n) is 8.06. The molecule has 1 saturated carbocycles. The number of amides is 1. The number of anilines is 1. The van der Waals surface area contributed by atoms with E-state index in [0.29, 0.717) is 17.9 Å². The molecular formula is C17H26N4O. The van der Waals surface area contributed by atoms with Gasteiger partial charge in [-0.15, -0.1) is 0 Å². The Hall–Kier alpha value is -2.04. The summed E-state index contributed by atoms with van der Waals surface area (Å²) in [5.74, 6) is 1.30. The van der Waals surface area contributed by atoms with Gasteiger partial charge in [0.2, 0.25) is 5.91 Å². The molecule has 1 aliphatic carbocycles. The van der Waals surface area contributed by atoms with Gasteiger partial charge in [-0.25, -0.2) is 4.99 Å². The lowest BCUT2D eigenvalue weighted by atomic mass is 10.1. The van der Waals surface area contributed by atoms with Gasteiger partial charge < -0.3 is 16.0 Å². The third kappa shape index (κ3) is 5.06. The smallest absolute Gasteiger partial charge is 0.246 e. The predicted octanol–water partition coefficient (Wildman–Crippen LogP) is 2.15. The number of carbonyl (C=O) groups excluding carboxylic acids is 1. The molecule has 2 atom stereocenters. The Morgan fingerprint density at radius 2 is 2.14 bits per heavy atom. The minimum absolute atomic E-state index is 0.102. The van der Waals surface area contributed by atoms with Gasteiger partial charge in [-0.05, 0) is 43.4 Å². The summed E-state index contributed by atoms with van der Waals surface area (Å²) in [5, 5.41) is 9.40. The van der Waals surface area contributed by atoms with Crippen LogP contribution < -0.4 is 16.0 Å². The summed E-state index contributed by atoms with van der Waals surface area (Å²) in [6.07, 6.45) is 2.12. The van der Waals surface area contributed by atoms with Gasteiger partial charge in [0.1, 0.15) is 6.54 Å². The molecule has 1 aliphatic rings. The van der Waals surface area contributed by atoms with Gasteiger partial charge >= 0.3 is 0 Å². The molecule has 1 aromatic rings. The molecule has 0 saturated heterocycles. The summed E-state index contributed by atoms with van der Waals surface area (Å²) in [4.78, 5) is 16.4. The molecule has 1 aromatic carbocycles. The molecule has 0 aliphatic heterocycles. The van der Waals surface area contributed by atoms with Gasteiger partial charge in [0, 0.05) is 18.3 Å². The molecule has 0 radical (unpaired) electrons. The lowest BCUT2D eigenvalue weighted by Gasteiger charge is -2.11. The zero-order valence-corrected chi connectivity index (χ0v) is 13.6. The van der Waals surface area contributed by atoms with Crippen LogP contribution in [0.25, 0.3) is 0 Å². The average Bonchev–Trinajstić information content (AvgIpc) is 3.20. The number of aliphatic imine (C=N–C) groups is 1. The second-order valence-electron chi connectivity index (χ2n) is 5.76. The first-order valence-corrected chi connectivity index (χ1v) is 8.06. The molecule has 2 unspecified atom stereocenters. The Labute approximate surface area is 132 Å². The number of aryl methyl sites for hydroxylation is 1. The SMILES string of the molecule is CCNC(=NCC(=O)Nc1cccc(CC)c1)NC1CC1C. The quantitative estimate of drug-likeness (QED) is 0.557. The molecule has 120 valence electrons. The fraction of sp³-hybridized carbons (Fsp3) is 0.529. The molecule has 5 heteroatoms. The van der Waals surface area contributed by atoms with Crippen molar-refractivity contribution in [2.24, 2.45) is 10.9 Å². The van der Waals surface area contributed by atoms with Crippen LogP contribution in [0.4, 0.5) is 5.69 Å². The van der Waals surface area contributed by atoms with Crippen molar-refractivity contribution in [3.8, 4) is 0 Å². The van der Waals surface area contributed by atoms with Crippen LogP contribution in [0, 0.1) is 5.92 Å². The van der Waals surface area contributed by atoms with Crippen LogP contribution in [-0.4, -0.2) is 31.0 Å². The van der Waals surface area contributed by atoms with Gasteiger partial charge in [-0.3, -0.25) is 4.79 Å². The Morgan fingerprint density at radius 3 is 2.77 bits per heavy atom. The maximum absolute atomic E-state index is 12.0. The number of nitrogens with one attached hydrogen (secondary N) is 3. The van der Waals surface area contributed by atoms with Gasteiger partial charge in [0.25, 0.3) is 0 Å². The fourth-order valence-electron chi connectivity index (χ4n) is 2.24. The normalized spacial score (nSPS) is 20.4. The highest BCUT2D eigenvalue weighted by atomic mass is 16.1. The molecule has 2 rings (SSSR count). The number of rotatable bonds is 6. The van der Waals surface area contributed by atoms with Crippen molar-refractivity contribution in [1.29, 1.82) is 0 Å². The standard InChI is InChI=1S/C17H26N4O/c1-4-13-7-6-8-14(10-13)20-16(22)11-19-17(18-5-2)21-15-9-12(15)3/h6-8,10,12,15H,4-5,9,11H2,1-3H3,(H,20,22)(H2,18,19,21). The van der Waals surface area contributed by atoms with Crippen LogP contribution in [0.1, 0.15) is 32.8 Å². The van der Waals surface area contributed by atoms with Crippen LogP contribution >= 0.6 is 0 Å². The van der Waals surface area contributed by atoms with E-state index in [0.717, 1.165) is 18.7 Å². The molecule has 3 N–H and O–H groups in total. The first-order chi connectivity index (χ1) is 10.6. The van der Waals surface area contributed by atoms with E-state index < -0.39 is 0 Å². The number of benzene rings is 1. The van der Waals surface area contributed by atoms with E-state index in [9.17, 15) is 4.79 Å². The molecule has 1 fully saturated rings. The summed E-state index contributed by atoms with van der Waals surface area (Å²) in [6, 6.07) is 8.39. The zero-order chi connectivity index (χ0) is 15.9. The average molecular weight is 302 g/mol. The summed E-state index contributed by atoms with van der Waals surface area (Å²) >= 11 is 0. The van der Waals surface area contributed by atoms with Crippen LogP contribution in [0.2, 0.25) is 0 Å². The van der Waals surface area contributed by atoms with Crippen molar-refractivity contribution in [3.05, 3.63) is 29.8 Å². The summed E-state index contributed by atoms with van der Waals surface area (Å²) in [7, 11) is 0. The van der Waals surface area contributed by atoms with E-state index in [1.807, 2.05) is 25.1 Å². The van der Waals surface area contributed by atoms with E-state index in [4.69, 9.17) is 0 Å². The second kappa shape index (κ2) is 7.82. The second-order valence-corrected chi connectivity index (χ2v) is 5.76. The van der Waals surface area contributed by atoms with Crippen LogP contribution in [0.5, 0.6) is 0 Å². The highest BCUT2D eigenvalue weighted by molar-refractivity contribution is 5.94. The maximum Gasteiger partial charge on any atom is 0.246 e. The number of guanidine groups is 1.